The highest BCUT2D eigenvalue weighted by Crippen LogP contribution is 2.37. The van der Waals surface area contributed by atoms with Crippen molar-refractivity contribution in [3.05, 3.63) is 89.5 Å². The van der Waals surface area contributed by atoms with Crippen molar-refractivity contribution >= 4 is 21.8 Å². The summed E-state index contributed by atoms with van der Waals surface area (Å²) in [5.74, 6) is -0.999. The molecule has 3 aromatic rings. The number of sulfonamides is 1. The Bertz CT molecular complexity index is 1490. The van der Waals surface area contributed by atoms with Gasteiger partial charge in [-0.25, -0.2) is 8.42 Å². The van der Waals surface area contributed by atoms with Gasteiger partial charge in [-0.1, -0.05) is 132 Å². The van der Waals surface area contributed by atoms with E-state index < -0.39 is 28.1 Å². The number of esters is 1. The fourth-order valence-corrected chi connectivity index (χ4v) is 6.91. The number of carbonyl (C=O) groups is 2. The van der Waals surface area contributed by atoms with Crippen LogP contribution in [0.25, 0.3) is 11.1 Å². The van der Waals surface area contributed by atoms with E-state index in [-0.39, 0.29) is 17.3 Å². The smallest absolute Gasteiger partial charge is 0.327 e. The van der Waals surface area contributed by atoms with Crippen molar-refractivity contribution in [3.63, 3.8) is 0 Å². The molecule has 2 N–H and O–H groups in total. The van der Waals surface area contributed by atoms with Crippen molar-refractivity contribution in [2.75, 3.05) is 6.61 Å². The van der Waals surface area contributed by atoms with Crippen LogP contribution in [-0.2, 0) is 19.6 Å². The average molecular weight is 620 g/mol. The van der Waals surface area contributed by atoms with Crippen LogP contribution in [0.4, 0.5) is 0 Å². The van der Waals surface area contributed by atoms with E-state index in [1.807, 2.05) is 0 Å². The van der Waals surface area contributed by atoms with Gasteiger partial charge in [0, 0.05) is 11.1 Å². The lowest BCUT2D eigenvalue weighted by Crippen LogP contribution is -2.46. The van der Waals surface area contributed by atoms with E-state index >= 15 is 0 Å². The van der Waals surface area contributed by atoms with Gasteiger partial charge < -0.3 is 9.84 Å². The molecule has 0 radical (unpaired) electrons. The summed E-state index contributed by atoms with van der Waals surface area (Å²) in [6.07, 6.45) is 12.7. The van der Waals surface area contributed by atoms with Gasteiger partial charge in [-0.15, -0.1) is 0 Å². The molecule has 0 spiro atoms. The third-order valence-corrected chi connectivity index (χ3v) is 9.68. The second kappa shape index (κ2) is 16.7. The molecule has 236 valence electrons. The van der Waals surface area contributed by atoms with Gasteiger partial charge >= 0.3 is 5.97 Å². The summed E-state index contributed by atoms with van der Waals surface area (Å²) in [6, 6.07) is 18.2. The minimum Gasteiger partial charge on any atom is -0.464 e. The normalized spacial score (nSPS) is 13.7. The first-order valence-electron chi connectivity index (χ1n) is 16.0. The lowest BCUT2D eigenvalue weighted by molar-refractivity contribution is -0.148. The number of aliphatic hydroxyl groups excluding tert-OH is 1. The van der Waals surface area contributed by atoms with Crippen LogP contribution < -0.4 is 4.72 Å². The van der Waals surface area contributed by atoms with Crippen molar-refractivity contribution in [2.45, 2.75) is 101 Å². The van der Waals surface area contributed by atoms with E-state index in [9.17, 15) is 23.1 Å². The lowest BCUT2D eigenvalue weighted by Gasteiger charge is -2.23. The number of benzene rings is 3. The summed E-state index contributed by atoms with van der Waals surface area (Å²) in [6.45, 7) is 2.38. The third kappa shape index (κ3) is 8.87. The summed E-state index contributed by atoms with van der Waals surface area (Å²) < 4.78 is 35.0. The Hall–Kier alpha value is -3.33. The molecule has 7 nitrogen and oxygen atoms in total. The number of fused-ring (bicyclic) bond motifs is 3. The van der Waals surface area contributed by atoms with E-state index in [4.69, 9.17) is 4.74 Å². The highest BCUT2D eigenvalue weighted by atomic mass is 32.2. The van der Waals surface area contributed by atoms with Gasteiger partial charge in [0.25, 0.3) is 0 Å². The van der Waals surface area contributed by atoms with E-state index in [2.05, 4.69) is 11.6 Å². The number of hydrogen-bond donors (Lipinski definition) is 2. The van der Waals surface area contributed by atoms with Gasteiger partial charge in [0.2, 0.25) is 10.0 Å². The van der Waals surface area contributed by atoms with Crippen molar-refractivity contribution in [1.29, 1.82) is 0 Å². The largest absolute Gasteiger partial charge is 0.464 e. The first kappa shape index (κ1) is 33.6. The number of hydrogen-bond acceptors (Lipinski definition) is 6. The van der Waals surface area contributed by atoms with Gasteiger partial charge in [-0.3, -0.25) is 9.59 Å². The van der Waals surface area contributed by atoms with E-state index in [0.29, 0.717) is 34.2 Å². The maximum absolute atomic E-state index is 13.6. The van der Waals surface area contributed by atoms with Crippen LogP contribution in [0.2, 0.25) is 0 Å². The summed E-state index contributed by atoms with van der Waals surface area (Å²) in [5.41, 5.74) is 2.50. The van der Waals surface area contributed by atoms with Crippen LogP contribution in [0.1, 0.15) is 112 Å². The van der Waals surface area contributed by atoms with E-state index in [1.165, 1.54) is 69.6 Å². The maximum Gasteiger partial charge on any atom is 0.327 e. The molecule has 2 atom stereocenters. The number of ether oxygens (including phenoxy) is 1. The Labute approximate surface area is 262 Å². The van der Waals surface area contributed by atoms with Crippen molar-refractivity contribution < 1.29 is 27.9 Å². The molecular weight excluding hydrogens is 574 g/mol. The van der Waals surface area contributed by atoms with Crippen LogP contribution in [0, 0.1) is 0 Å². The number of nitrogens with one attached hydrogen (secondary N) is 1. The Morgan fingerprint density at radius 1 is 0.727 bits per heavy atom. The average Bonchev–Trinajstić information content (AvgIpc) is 3.33. The van der Waals surface area contributed by atoms with Crippen molar-refractivity contribution in [2.24, 2.45) is 0 Å². The molecule has 1 aliphatic carbocycles. The molecule has 0 aromatic heterocycles. The van der Waals surface area contributed by atoms with E-state index in [0.717, 1.165) is 19.3 Å². The number of rotatable bonds is 19. The highest BCUT2D eigenvalue weighted by molar-refractivity contribution is 7.89. The highest BCUT2D eigenvalue weighted by Gasteiger charge is 2.35. The molecule has 44 heavy (non-hydrogen) atoms. The van der Waals surface area contributed by atoms with Gasteiger partial charge in [0.15, 0.2) is 5.78 Å². The predicted molar refractivity (Wildman–Crippen MR) is 173 cm³/mol. The van der Waals surface area contributed by atoms with Crippen LogP contribution in [0.5, 0.6) is 0 Å². The molecule has 0 heterocycles. The molecule has 0 aliphatic heterocycles. The molecule has 0 bridgehead atoms. The molecule has 4 rings (SSSR count). The summed E-state index contributed by atoms with van der Waals surface area (Å²) in [5, 5.41) is 11.1. The van der Waals surface area contributed by atoms with Crippen LogP contribution in [0.15, 0.2) is 77.7 Å². The number of aliphatic hydroxyl groups is 1. The Morgan fingerprint density at radius 3 is 1.91 bits per heavy atom. The van der Waals surface area contributed by atoms with Gasteiger partial charge in [-0.05, 0) is 41.3 Å². The first-order chi connectivity index (χ1) is 21.3. The topological polar surface area (TPSA) is 110 Å². The SMILES string of the molecule is CCCCCCCCCCCCCCOC(=O)[C@H](NS(=O)(=O)c1ccc2c(c1)-c1ccccc1C2=O)[C@@H](O)c1ccccc1. The molecule has 0 saturated heterocycles. The molecule has 3 aromatic carbocycles. The molecule has 0 fully saturated rings. The minimum atomic E-state index is -4.28. The third-order valence-electron chi connectivity index (χ3n) is 8.24. The number of ketones is 1. The lowest BCUT2D eigenvalue weighted by atomic mass is 10.0. The first-order valence-corrected chi connectivity index (χ1v) is 17.5. The van der Waals surface area contributed by atoms with Crippen LogP contribution >= 0.6 is 0 Å². The van der Waals surface area contributed by atoms with Gasteiger partial charge in [0.05, 0.1) is 11.5 Å². The molecular formula is C36H45NO6S. The zero-order chi connectivity index (χ0) is 31.4. The summed E-state index contributed by atoms with van der Waals surface area (Å²) in [7, 11) is -4.28. The molecule has 0 unspecified atom stereocenters. The van der Waals surface area contributed by atoms with Crippen LogP contribution in [0.3, 0.4) is 0 Å². The second-order valence-corrected chi connectivity index (χ2v) is 13.3. The minimum absolute atomic E-state index is 0.111. The predicted octanol–water partition coefficient (Wildman–Crippen LogP) is 7.52. The molecule has 1 aliphatic rings. The number of unbranched alkanes of at least 4 members (excludes halogenated alkanes) is 11. The standard InChI is InChI=1S/C36H45NO6S/c1-2-3-4-5-6-7-8-9-10-11-12-18-25-43-36(40)33(34(38)27-19-14-13-15-20-27)37-44(41,42)28-23-24-31-32(26-28)29-21-16-17-22-30(29)35(31)39/h13-17,19-24,26,33-34,37-38H,2-12,18,25H2,1H3/t33-,34+/m1/s1. The number of carbonyl (C=O) groups excluding carboxylic acids is 2. The monoisotopic (exact) mass is 619 g/mol. The zero-order valence-electron chi connectivity index (χ0n) is 25.7. The van der Waals surface area contributed by atoms with Gasteiger partial charge in [-0.2, -0.15) is 4.72 Å². The second-order valence-electron chi connectivity index (χ2n) is 11.6. The maximum atomic E-state index is 13.6. The van der Waals surface area contributed by atoms with Crippen molar-refractivity contribution in [3.8, 4) is 11.1 Å². The Kier molecular flexibility index (Phi) is 12.7. The fourth-order valence-electron chi connectivity index (χ4n) is 5.70. The Balaban J connectivity index is 1.34. The van der Waals surface area contributed by atoms with E-state index in [1.54, 1.807) is 54.6 Å². The quantitative estimate of drug-likeness (QED) is 0.0830. The molecule has 8 heteroatoms. The van der Waals surface area contributed by atoms with Crippen LogP contribution in [-0.4, -0.2) is 37.9 Å². The Morgan fingerprint density at radius 2 is 1.27 bits per heavy atom. The fraction of sp³-hybridized carbons (Fsp3) is 0.444. The van der Waals surface area contributed by atoms with Crippen molar-refractivity contribution in [1.82, 2.24) is 4.72 Å². The van der Waals surface area contributed by atoms with Gasteiger partial charge in [0.1, 0.15) is 12.1 Å². The summed E-state index contributed by atoms with van der Waals surface area (Å²) >= 11 is 0. The summed E-state index contributed by atoms with van der Waals surface area (Å²) in [4.78, 5) is 25.9. The molecule has 0 saturated carbocycles. The zero-order valence-corrected chi connectivity index (χ0v) is 26.5. The molecule has 0 amide bonds.